The average Bonchev–Trinajstić information content (AvgIpc) is 3.28. The summed E-state index contributed by atoms with van der Waals surface area (Å²) < 4.78 is 2.04. The Bertz CT molecular complexity index is 950. The lowest BCUT2D eigenvalue weighted by Gasteiger charge is -2.21. The van der Waals surface area contributed by atoms with E-state index >= 15 is 0 Å². The molecule has 3 aromatic rings. The molecule has 4 nitrogen and oxygen atoms in total. The highest BCUT2D eigenvalue weighted by atomic mass is 32.2. The molecule has 1 aliphatic heterocycles. The number of rotatable bonds is 4. The van der Waals surface area contributed by atoms with Gasteiger partial charge < -0.3 is 4.90 Å². The minimum Gasteiger partial charge on any atom is -0.311 e. The van der Waals surface area contributed by atoms with Crippen LogP contribution >= 0.6 is 11.8 Å². The lowest BCUT2D eigenvalue weighted by atomic mass is 10.2. The molecule has 1 aromatic heterocycles. The molecule has 5 heteroatoms. The summed E-state index contributed by atoms with van der Waals surface area (Å²) in [6, 6.07) is 16.4. The first kappa shape index (κ1) is 16.9. The van der Waals surface area contributed by atoms with E-state index in [1.165, 1.54) is 22.9 Å². The van der Waals surface area contributed by atoms with Gasteiger partial charge in [0.15, 0.2) is 5.16 Å². The van der Waals surface area contributed by atoms with Gasteiger partial charge in [-0.25, -0.2) is 4.98 Å². The number of aryl methyl sites for hydroxylation is 1. The van der Waals surface area contributed by atoms with E-state index in [0.717, 1.165) is 29.5 Å². The summed E-state index contributed by atoms with van der Waals surface area (Å²) in [7, 11) is 0. The van der Waals surface area contributed by atoms with Crippen LogP contribution in [0.3, 0.4) is 0 Å². The Morgan fingerprint density at radius 2 is 2.04 bits per heavy atom. The summed E-state index contributed by atoms with van der Waals surface area (Å²) in [5, 5.41) is 0.635. The van der Waals surface area contributed by atoms with Gasteiger partial charge in [0.2, 0.25) is 5.91 Å². The fourth-order valence-electron chi connectivity index (χ4n) is 3.35. The highest BCUT2D eigenvalue weighted by molar-refractivity contribution is 8.00. The molecule has 26 heavy (non-hydrogen) atoms. The topological polar surface area (TPSA) is 38.1 Å². The molecule has 1 amide bonds. The Kier molecular flexibility index (Phi) is 4.55. The molecule has 2 aromatic carbocycles. The van der Waals surface area contributed by atoms with Crippen LogP contribution in [-0.4, -0.2) is 27.3 Å². The van der Waals surface area contributed by atoms with Crippen LogP contribution in [0.4, 0.5) is 5.69 Å². The number of para-hydroxylation sites is 1. The Morgan fingerprint density at radius 3 is 2.88 bits per heavy atom. The third kappa shape index (κ3) is 3.15. The second kappa shape index (κ2) is 7.00. The van der Waals surface area contributed by atoms with E-state index in [1.807, 2.05) is 46.9 Å². The summed E-state index contributed by atoms with van der Waals surface area (Å²) in [6.07, 6.45) is 4.66. The van der Waals surface area contributed by atoms with Crippen molar-refractivity contribution in [1.82, 2.24) is 9.55 Å². The van der Waals surface area contributed by atoms with Crippen LogP contribution in [0.25, 0.3) is 5.69 Å². The van der Waals surface area contributed by atoms with Gasteiger partial charge in [-0.2, -0.15) is 0 Å². The molecule has 0 spiro atoms. The molecule has 0 aliphatic carbocycles. The zero-order valence-corrected chi connectivity index (χ0v) is 15.7. The average molecular weight is 363 g/mol. The maximum atomic E-state index is 13.0. The van der Waals surface area contributed by atoms with Crippen LogP contribution < -0.4 is 4.90 Å². The Morgan fingerprint density at radius 1 is 1.19 bits per heavy atom. The zero-order chi connectivity index (χ0) is 18.1. The van der Waals surface area contributed by atoms with Gasteiger partial charge in [0.05, 0.1) is 5.25 Å². The first-order valence-corrected chi connectivity index (χ1v) is 9.68. The fourth-order valence-corrected chi connectivity index (χ4v) is 4.29. The SMILES string of the molecule is Cc1cccc(-n2ccnc2S[C@@H](C)C(=O)N2CCc3ccccc32)c1. The number of carbonyl (C=O) groups excluding carboxylic acids is 1. The molecule has 0 bridgehead atoms. The molecule has 1 aliphatic rings. The first-order valence-electron chi connectivity index (χ1n) is 8.80. The largest absolute Gasteiger partial charge is 0.311 e. The molecule has 4 rings (SSSR count). The number of benzene rings is 2. The van der Waals surface area contributed by atoms with Gasteiger partial charge in [-0.3, -0.25) is 9.36 Å². The van der Waals surface area contributed by atoms with Crippen molar-refractivity contribution in [3.8, 4) is 5.69 Å². The van der Waals surface area contributed by atoms with Crippen LogP contribution in [0, 0.1) is 6.92 Å². The first-order chi connectivity index (χ1) is 12.6. The number of nitrogens with zero attached hydrogens (tertiary/aromatic N) is 3. The second-order valence-electron chi connectivity index (χ2n) is 6.55. The van der Waals surface area contributed by atoms with Crippen molar-refractivity contribution in [3.05, 3.63) is 72.1 Å². The number of thioether (sulfide) groups is 1. The minimum absolute atomic E-state index is 0.138. The summed E-state index contributed by atoms with van der Waals surface area (Å²) in [5.74, 6) is 0.138. The number of hydrogen-bond donors (Lipinski definition) is 0. The van der Waals surface area contributed by atoms with Crippen molar-refractivity contribution >= 4 is 23.4 Å². The number of anilines is 1. The van der Waals surface area contributed by atoms with Gasteiger partial charge in [0.25, 0.3) is 0 Å². The molecule has 132 valence electrons. The molecule has 0 unspecified atom stereocenters. The van der Waals surface area contributed by atoms with Crippen LogP contribution in [0.15, 0.2) is 66.1 Å². The van der Waals surface area contributed by atoms with E-state index in [0.29, 0.717) is 0 Å². The van der Waals surface area contributed by atoms with Crippen molar-refractivity contribution < 1.29 is 4.79 Å². The molecule has 0 N–H and O–H groups in total. The van der Waals surface area contributed by atoms with Gasteiger partial charge in [-0.05, 0) is 49.6 Å². The van der Waals surface area contributed by atoms with Gasteiger partial charge in [0.1, 0.15) is 0 Å². The van der Waals surface area contributed by atoms with E-state index < -0.39 is 0 Å². The smallest absolute Gasteiger partial charge is 0.240 e. The Hall–Kier alpha value is -2.53. The van der Waals surface area contributed by atoms with Crippen molar-refractivity contribution in [2.45, 2.75) is 30.7 Å². The molecule has 0 saturated carbocycles. The molecule has 2 heterocycles. The molecule has 0 radical (unpaired) electrons. The van der Waals surface area contributed by atoms with Crippen LogP contribution in [0.1, 0.15) is 18.1 Å². The van der Waals surface area contributed by atoms with E-state index in [2.05, 4.69) is 36.2 Å². The lowest BCUT2D eigenvalue weighted by Crippen LogP contribution is -2.35. The normalized spacial score (nSPS) is 14.3. The van der Waals surface area contributed by atoms with E-state index in [9.17, 15) is 4.79 Å². The molecular formula is C21H21N3OS. The standard InChI is InChI=1S/C21H21N3OS/c1-15-6-5-8-18(14-15)23-13-11-22-21(23)26-16(2)20(25)24-12-10-17-7-3-4-9-19(17)24/h3-9,11,13-14,16H,10,12H2,1-2H3/t16-/m0/s1. The monoisotopic (exact) mass is 363 g/mol. The van der Waals surface area contributed by atoms with E-state index in [1.54, 1.807) is 6.20 Å². The molecular weight excluding hydrogens is 342 g/mol. The number of amides is 1. The maximum absolute atomic E-state index is 13.0. The van der Waals surface area contributed by atoms with E-state index in [4.69, 9.17) is 0 Å². The van der Waals surface area contributed by atoms with Crippen LogP contribution in [-0.2, 0) is 11.2 Å². The molecule has 1 atom stereocenters. The third-order valence-electron chi connectivity index (χ3n) is 4.67. The summed E-state index contributed by atoms with van der Waals surface area (Å²) >= 11 is 1.51. The number of imidazole rings is 1. The number of hydrogen-bond acceptors (Lipinski definition) is 3. The molecule has 0 saturated heterocycles. The van der Waals surface area contributed by atoms with Gasteiger partial charge in [-0.15, -0.1) is 0 Å². The van der Waals surface area contributed by atoms with Gasteiger partial charge >= 0.3 is 0 Å². The maximum Gasteiger partial charge on any atom is 0.240 e. The minimum atomic E-state index is -0.202. The zero-order valence-electron chi connectivity index (χ0n) is 14.9. The molecule has 0 fully saturated rings. The van der Waals surface area contributed by atoms with Crippen LogP contribution in [0.2, 0.25) is 0 Å². The second-order valence-corrected chi connectivity index (χ2v) is 7.86. The quantitative estimate of drug-likeness (QED) is 0.651. The van der Waals surface area contributed by atoms with Crippen molar-refractivity contribution in [2.24, 2.45) is 0 Å². The number of aromatic nitrogens is 2. The third-order valence-corrected chi connectivity index (χ3v) is 5.74. The highest BCUT2D eigenvalue weighted by Gasteiger charge is 2.29. The van der Waals surface area contributed by atoms with Gasteiger partial charge in [-0.1, -0.05) is 42.1 Å². The van der Waals surface area contributed by atoms with Crippen molar-refractivity contribution in [1.29, 1.82) is 0 Å². The lowest BCUT2D eigenvalue weighted by molar-refractivity contribution is -0.117. The predicted octanol–water partition coefficient (Wildman–Crippen LogP) is 4.25. The summed E-state index contributed by atoms with van der Waals surface area (Å²) in [4.78, 5) is 19.4. The fraction of sp³-hybridized carbons (Fsp3) is 0.238. The highest BCUT2D eigenvalue weighted by Crippen LogP contribution is 2.31. The number of carbonyl (C=O) groups is 1. The van der Waals surface area contributed by atoms with Crippen molar-refractivity contribution in [3.63, 3.8) is 0 Å². The van der Waals surface area contributed by atoms with E-state index in [-0.39, 0.29) is 11.2 Å². The summed E-state index contributed by atoms with van der Waals surface area (Å²) in [6.45, 7) is 4.79. The summed E-state index contributed by atoms with van der Waals surface area (Å²) in [5.41, 5.74) is 4.56. The van der Waals surface area contributed by atoms with Gasteiger partial charge in [0, 0.05) is 30.3 Å². The Labute approximate surface area is 157 Å². The van der Waals surface area contributed by atoms with Crippen LogP contribution in [0.5, 0.6) is 0 Å². The Balaban J connectivity index is 1.54. The predicted molar refractivity (Wildman–Crippen MR) is 106 cm³/mol. The number of fused-ring (bicyclic) bond motifs is 1. The van der Waals surface area contributed by atoms with Crippen molar-refractivity contribution in [2.75, 3.05) is 11.4 Å².